The van der Waals surface area contributed by atoms with E-state index in [1.807, 2.05) is 18.2 Å². The maximum absolute atomic E-state index is 13.5. The molecule has 2 rings (SSSR count). The molecule has 244 valence electrons. The topological polar surface area (TPSA) is 238 Å². The molecule has 2 aromatic rings. The van der Waals surface area contributed by atoms with Crippen LogP contribution in [0.15, 0.2) is 60.7 Å². The second-order valence-electron chi connectivity index (χ2n) is 10.9. The monoisotopic (exact) mass is 625 g/mol. The van der Waals surface area contributed by atoms with Crippen molar-refractivity contribution in [3.63, 3.8) is 0 Å². The van der Waals surface area contributed by atoms with Crippen molar-refractivity contribution in [3.8, 4) is 0 Å². The van der Waals surface area contributed by atoms with Crippen molar-refractivity contribution < 1.29 is 33.5 Å². The standard InChI is InChI=1S/C31H43N7O7/c1-18(2)26(38-29(42)24(15-25(34)39)36-27(40)22(33)16-32)30(43)37-23(14-20-10-6-4-7-11-20)28(41)35-19(3)31(44)45-17-21-12-8-5-9-13-21/h4-13,18-19,22-24,26H,14-17,32-33H2,1-3H3,(H2,34,39)(H,35,41)(H,36,40)(H,37,43)(H,38,42)/t19-,22-,23-,24-,26-/m0/s1. The summed E-state index contributed by atoms with van der Waals surface area (Å²) in [6, 6.07) is 12.0. The van der Waals surface area contributed by atoms with Gasteiger partial charge in [-0.05, 0) is 24.0 Å². The molecule has 0 spiro atoms. The van der Waals surface area contributed by atoms with Crippen LogP contribution in [-0.4, -0.2) is 72.3 Å². The Morgan fingerprint density at radius 1 is 0.711 bits per heavy atom. The first-order valence-electron chi connectivity index (χ1n) is 14.5. The molecule has 10 N–H and O–H groups in total. The average Bonchev–Trinajstić information content (AvgIpc) is 3.01. The quantitative estimate of drug-likeness (QED) is 0.104. The minimum atomic E-state index is -1.42. The maximum atomic E-state index is 13.5. The van der Waals surface area contributed by atoms with Crippen molar-refractivity contribution in [1.29, 1.82) is 0 Å². The summed E-state index contributed by atoms with van der Waals surface area (Å²) in [7, 11) is 0. The van der Waals surface area contributed by atoms with E-state index in [0.29, 0.717) is 0 Å². The molecule has 2 aromatic carbocycles. The number of rotatable bonds is 17. The highest BCUT2D eigenvalue weighted by Crippen LogP contribution is 2.09. The van der Waals surface area contributed by atoms with E-state index < -0.39 is 78.1 Å². The Morgan fingerprint density at radius 2 is 1.24 bits per heavy atom. The minimum Gasteiger partial charge on any atom is -0.459 e. The van der Waals surface area contributed by atoms with Gasteiger partial charge in [0.05, 0.1) is 12.5 Å². The number of esters is 1. The molecule has 0 saturated heterocycles. The third-order valence-electron chi connectivity index (χ3n) is 6.73. The zero-order valence-electron chi connectivity index (χ0n) is 25.7. The summed E-state index contributed by atoms with van der Waals surface area (Å²) >= 11 is 0. The van der Waals surface area contributed by atoms with Crippen molar-refractivity contribution in [2.75, 3.05) is 6.54 Å². The van der Waals surface area contributed by atoms with Gasteiger partial charge in [0.15, 0.2) is 0 Å². The van der Waals surface area contributed by atoms with Crippen LogP contribution in [-0.2, 0) is 46.5 Å². The Hall–Kier alpha value is -4.82. The largest absolute Gasteiger partial charge is 0.459 e. The van der Waals surface area contributed by atoms with E-state index in [1.165, 1.54) is 6.92 Å². The number of hydrogen-bond acceptors (Lipinski definition) is 9. The third-order valence-corrected chi connectivity index (χ3v) is 6.73. The number of ether oxygens (including phenoxy) is 1. The number of benzene rings is 2. The van der Waals surface area contributed by atoms with Crippen LogP contribution in [0.4, 0.5) is 0 Å². The molecule has 5 amide bonds. The van der Waals surface area contributed by atoms with Crippen LogP contribution in [0.5, 0.6) is 0 Å². The lowest BCUT2D eigenvalue weighted by Crippen LogP contribution is -2.60. The number of nitrogens with one attached hydrogen (secondary N) is 4. The Morgan fingerprint density at radius 3 is 1.78 bits per heavy atom. The Balaban J connectivity index is 2.18. The van der Waals surface area contributed by atoms with E-state index in [1.54, 1.807) is 56.3 Å². The van der Waals surface area contributed by atoms with Crippen LogP contribution in [0.3, 0.4) is 0 Å². The predicted octanol–water partition coefficient (Wildman–Crippen LogP) is -1.25. The summed E-state index contributed by atoms with van der Waals surface area (Å²) in [5, 5.41) is 10.1. The van der Waals surface area contributed by atoms with Crippen molar-refractivity contribution >= 4 is 35.5 Å². The predicted molar refractivity (Wildman–Crippen MR) is 165 cm³/mol. The van der Waals surface area contributed by atoms with Crippen LogP contribution in [0.1, 0.15) is 38.3 Å². The maximum Gasteiger partial charge on any atom is 0.328 e. The van der Waals surface area contributed by atoms with Crippen molar-refractivity contribution in [2.24, 2.45) is 23.1 Å². The number of carbonyl (C=O) groups excluding carboxylic acids is 6. The fraction of sp³-hybridized carbons (Fsp3) is 0.419. The van der Waals surface area contributed by atoms with Gasteiger partial charge in [0.2, 0.25) is 29.5 Å². The fourth-order valence-corrected chi connectivity index (χ4v) is 4.13. The first kappa shape index (κ1) is 36.4. The van der Waals surface area contributed by atoms with Crippen LogP contribution in [0.2, 0.25) is 0 Å². The van der Waals surface area contributed by atoms with Gasteiger partial charge in [-0.2, -0.15) is 0 Å². The molecule has 0 unspecified atom stereocenters. The second-order valence-corrected chi connectivity index (χ2v) is 10.9. The van der Waals surface area contributed by atoms with E-state index >= 15 is 0 Å². The molecule has 0 aliphatic heterocycles. The van der Waals surface area contributed by atoms with Gasteiger partial charge >= 0.3 is 5.97 Å². The lowest BCUT2D eigenvalue weighted by atomic mass is 10.00. The van der Waals surface area contributed by atoms with Crippen LogP contribution < -0.4 is 38.5 Å². The molecule has 0 bridgehead atoms. The smallest absolute Gasteiger partial charge is 0.328 e. The van der Waals surface area contributed by atoms with E-state index in [2.05, 4.69) is 21.3 Å². The number of nitrogens with two attached hydrogens (primary N) is 3. The molecule has 0 aliphatic carbocycles. The lowest BCUT2D eigenvalue weighted by Gasteiger charge is -2.28. The summed E-state index contributed by atoms with van der Waals surface area (Å²) in [5.74, 6) is -5.03. The molecule has 0 saturated carbocycles. The van der Waals surface area contributed by atoms with Gasteiger partial charge in [-0.15, -0.1) is 0 Å². The molecule has 0 aliphatic rings. The van der Waals surface area contributed by atoms with E-state index in [9.17, 15) is 28.8 Å². The van der Waals surface area contributed by atoms with Crippen molar-refractivity contribution in [2.45, 2.75) is 70.4 Å². The van der Waals surface area contributed by atoms with Gasteiger partial charge in [-0.25, -0.2) is 4.79 Å². The number of hydrogen-bond donors (Lipinski definition) is 7. The van der Waals surface area contributed by atoms with Crippen molar-refractivity contribution in [3.05, 3.63) is 71.8 Å². The Bertz CT molecular complexity index is 1310. The molecule has 0 fully saturated rings. The van der Waals surface area contributed by atoms with E-state index in [-0.39, 0.29) is 19.6 Å². The highest BCUT2D eigenvalue weighted by atomic mass is 16.5. The summed E-state index contributed by atoms with van der Waals surface area (Å²) in [4.78, 5) is 76.5. The first-order valence-corrected chi connectivity index (χ1v) is 14.5. The summed E-state index contributed by atoms with van der Waals surface area (Å²) < 4.78 is 5.32. The Labute approximate surface area is 262 Å². The highest BCUT2D eigenvalue weighted by molar-refractivity contribution is 5.97. The molecular weight excluding hydrogens is 582 g/mol. The van der Waals surface area contributed by atoms with Gasteiger partial charge in [-0.3, -0.25) is 24.0 Å². The lowest BCUT2D eigenvalue weighted by molar-refractivity contribution is -0.148. The van der Waals surface area contributed by atoms with Gasteiger partial charge in [0.1, 0.15) is 30.8 Å². The Kier molecular flexibility index (Phi) is 14.6. The van der Waals surface area contributed by atoms with Gasteiger partial charge in [0, 0.05) is 13.0 Å². The molecule has 0 heterocycles. The van der Waals surface area contributed by atoms with Crippen LogP contribution >= 0.6 is 0 Å². The molecule has 14 heteroatoms. The molecule has 0 aromatic heterocycles. The summed E-state index contributed by atoms with van der Waals surface area (Å²) in [6.07, 6.45) is -0.487. The van der Waals surface area contributed by atoms with Gasteiger partial charge < -0.3 is 43.2 Å². The van der Waals surface area contributed by atoms with E-state index in [0.717, 1.165) is 11.1 Å². The minimum absolute atomic E-state index is 0.0230. The van der Waals surface area contributed by atoms with E-state index in [4.69, 9.17) is 21.9 Å². The van der Waals surface area contributed by atoms with Gasteiger partial charge in [-0.1, -0.05) is 74.5 Å². The molecular formula is C31H43N7O7. The van der Waals surface area contributed by atoms with Crippen LogP contribution in [0, 0.1) is 5.92 Å². The van der Waals surface area contributed by atoms with Crippen LogP contribution in [0.25, 0.3) is 0 Å². The first-order chi connectivity index (χ1) is 21.3. The van der Waals surface area contributed by atoms with Crippen molar-refractivity contribution in [1.82, 2.24) is 21.3 Å². The number of carbonyl (C=O) groups is 6. The molecule has 5 atom stereocenters. The normalized spacial score (nSPS) is 14.2. The summed E-state index contributed by atoms with van der Waals surface area (Å²) in [6.45, 7) is 4.60. The molecule has 45 heavy (non-hydrogen) atoms. The summed E-state index contributed by atoms with van der Waals surface area (Å²) in [5.41, 5.74) is 17.8. The fourth-order valence-electron chi connectivity index (χ4n) is 4.13. The molecule has 0 radical (unpaired) electrons. The zero-order valence-corrected chi connectivity index (χ0v) is 25.7. The second kappa shape index (κ2) is 18.1. The number of amides is 5. The highest BCUT2D eigenvalue weighted by Gasteiger charge is 2.33. The molecule has 14 nitrogen and oxygen atoms in total. The SMILES string of the molecule is CC(C)[C@H](NC(=O)[C@H](CC(N)=O)NC(=O)[C@@H](N)CN)C(=O)N[C@@H](Cc1ccccc1)C(=O)N[C@@H](C)C(=O)OCc1ccccc1. The zero-order chi connectivity index (χ0) is 33.5. The number of primary amides is 1. The average molecular weight is 626 g/mol. The third kappa shape index (κ3) is 12.4. The van der Waals surface area contributed by atoms with Gasteiger partial charge in [0.25, 0.3) is 0 Å².